The minimum absolute atomic E-state index is 0.00241. The Balaban J connectivity index is 1.76. The second kappa shape index (κ2) is 9.02. The Bertz CT molecular complexity index is 1470. The van der Waals surface area contributed by atoms with Crippen molar-refractivity contribution in [3.05, 3.63) is 59.5 Å². The van der Waals surface area contributed by atoms with Crippen molar-refractivity contribution in [3.8, 4) is 0 Å². The lowest BCUT2D eigenvalue weighted by molar-refractivity contribution is -0.154. The number of nitrogen functional groups attached to an aromatic ring is 1. The van der Waals surface area contributed by atoms with Gasteiger partial charge in [-0.25, -0.2) is 15.0 Å². The summed E-state index contributed by atoms with van der Waals surface area (Å²) in [4.78, 5) is 33.4. The first kappa shape index (κ1) is 24.8. The van der Waals surface area contributed by atoms with Gasteiger partial charge in [0.25, 0.3) is 5.91 Å². The maximum absolute atomic E-state index is 13.4. The first-order valence-electron chi connectivity index (χ1n) is 10.3. The van der Waals surface area contributed by atoms with E-state index in [1.54, 1.807) is 7.05 Å². The van der Waals surface area contributed by atoms with Crippen molar-refractivity contribution >= 4 is 39.4 Å². The van der Waals surface area contributed by atoms with Crippen molar-refractivity contribution in [2.24, 2.45) is 7.05 Å². The highest BCUT2D eigenvalue weighted by molar-refractivity contribution is 6.10. The zero-order valence-corrected chi connectivity index (χ0v) is 18.8. The van der Waals surface area contributed by atoms with Crippen molar-refractivity contribution in [2.45, 2.75) is 19.1 Å². The summed E-state index contributed by atoms with van der Waals surface area (Å²) in [6, 6.07) is 6.05. The first-order chi connectivity index (χ1) is 16.9. The third-order valence-electron chi connectivity index (χ3n) is 5.52. The smallest absolute Gasteiger partial charge is 0.383 e. The normalized spacial score (nSPS) is 11.9. The number of anilines is 1. The average Bonchev–Trinajstić information content (AvgIpc) is 3.23. The molecule has 3 heterocycles. The third kappa shape index (κ3) is 4.48. The molecule has 188 valence electrons. The van der Waals surface area contributed by atoms with Gasteiger partial charge in [0, 0.05) is 31.2 Å². The van der Waals surface area contributed by atoms with E-state index in [2.05, 4.69) is 15.1 Å². The van der Waals surface area contributed by atoms with Gasteiger partial charge in [-0.3, -0.25) is 19.3 Å². The number of hydrogen-bond donors (Lipinski definition) is 1. The van der Waals surface area contributed by atoms with Crippen LogP contribution in [0.4, 0.5) is 27.8 Å². The monoisotopic (exact) mass is 507 g/mol. The number of carbonyl (C=O) groups is 2. The number of amides is 2. The van der Waals surface area contributed by atoms with Crippen molar-refractivity contribution in [1.82, 2.24) is 29.8 Å². The Morgan fingerprint density at radius 2 is 1.83 bits per heavy atom. The molecule has 2 N–H and O–H groups in total. The molecule has 14 heteroatoms. The lowest BCUT2D eigenvalue weighted by Crippen LogP contribution is -2.49. The van der Waals surface area contributed by atoms with Gasteiger partial charge in [-0.05, 0) is 30.3 Å². The molecule has 2 amide bonds. The van der Waals surface area contributed by atoms with Crippen LogP contribution >= 0.6 is 0 Å². The summed E-state index contributed by atoms with van der Waals surface area (Å²) in [5.41, 5.74) is 5.89. The molecule has 0 atom stereocenters. The number of fused-ring (bicyclic) bond motifs is 3. The predicted octanol–water partition coefficient (Wildman–Crippen LogP) is 3.40. The molecule has 0 unspecified atom stereocenters. The van der Waals surface area contributed by atoms with Gasteiger partial charge in [0.1, 0.15) is 5.82 Å². The van der Waals surface area contributed by atoms with Crippen LogP contribution in [0.1, 0.15) is 21.6 Å². The van der Waals surface area contributed by atoms with Crippen LogP contribution in [-0.2, 0) is 24.6 Å². The molecule has 0 radical (unpaired) electrons. The van der Waals surface area contributed by atoms with E-state index in [4.69, 9.17) is 5.73 Å². The topological polar surface area (TPSA) is 110 Å². The number of pyridine rings is 2. The van der Waals surface area contributed by atoms with E-state index in [1.807, 2.05) is 0 Å². The van der Waals surface area contributed by atoms with E-state index in [-0.39, 0.29) is 17.1 Å². The summed E-state index contributed by atoms with van der Waals surface area (Å²) >= 11 is 0. The van der Waals surface area contributed by atoms with Crippen molar-refractivity contribution < 1.29 is 31.5 Å². The molecule has 0 spiro atoms. The highest BCUT2D eigenvalue weighted by Crippen LogP contribution is 2.30. The fourth-order valence-corrected chi connectivity index (χ4v) is 3.65. The van der Waals surface area contributed by atoms with Crippen molar-refractivity contribution in [3.63, 3.8) is 0 Å². The van der Waals surface area contributed by atoms with Gasteiger partial charge in [0.15, 0.2) is 0 Å². The summed E-state index contributed by atoms with van der Waals surface area (Å²) in [5, 5.41) is 6.25. The van der Waals surface area contributed by atoms with E-state index in [1.165, 1.54) is 29.1 Å². The maximum Gasteiger partial charge on any atom is 0.417 e. The van der Waals surface area contributed by atoms with Crippen molar-refractivity contribution in [2.75, 3.05) is 12.8 Å². The van der Waals surface area contributed by atoms with Gasteiger partial charge >= 0.3 is 18.5 Å². The minimum Gasteiger partial charge on any atom is -0.383 e. The molecule has 0 aliphatic heterocycles. The molecule has 0 bridgehead atoms. The third-order valence-corrected chi connectivity index (χ3v) is 5.52. The number of hydrazine groups is 1. The molecular weight excluding hydrogens is 489 g/mol. The highest BCUT2D eigenvalue weighted by Gasteiger charge is 2.32. The number of carbonyl (C=O) groups excluding carboxylic acids is 2. The van der Waals surface area contributed by atoms with Gasteiger partial charge in [-0.2, -0.15) is 27.1 Å². The highest BCUT2D eigenvalue weighted by atomic mass is 19.4. The van der Waals surface area contributed by atoms with Crippen LogP contribution in [0.2, 0.25) is 0 Å². The molecule has 4 aromatic rings. The second-order valence-electron chi connectivity index (χ2n) is 7.82. The average molecular weight is 507 g/mol. The Hall–Kier alpha value is -4.36. The number of alkyl halides is 5. The Morgan fingerprint density at radius 3 is 2.44 bits per heavy atom. The molecule has 0 saturated carbocycles. The quantitative estimate of drug-likeness (QED) is 0.335. The van der Waals surface area contributed by atoms with E-state index in [0.717, 1.165) is 19.2 Å². The van der Waals surface area contributed by atoms with Crippen LogP contribution in [0, 0.1) is 0 Å². The van der Waals surface area contributed by atoms with Gasteiger partial charge in [0.05, 0.1) is 40.4 Å². The van der Waals surface area contributed by atoms with Crippen LogP contribution in [-0.4, -0.2) is 55.1 Å². The predicted molar refractivity (Wildman–Crippen MR) is 118 cm³/mol. The summed E-state index contributed by atoms with van der Waals surface area (Å²) in [6.45, 7) is -0.551. The standard InChI is InChI=1S/C22H18F5N7O2/c1-32-17-14-7-11(3-6-16(14)31-19(28)15(17)9-30-32)20(35)34(33(2)21(36)18(23)24)10-13-5-4-12(8-29-13)22(25,26)27/h3-9,18H,10H2,1-2H3,(H2,28,31). The van der Waals surface area contributed by atoms with Gasteiger partial charge < -0.3 is 5.73 Å². The molecule has 4 rings (SSSR count). The minimum atomic E-state index is -4.64. The molecule has 0 fully saturated rings. The fourth-order valence-electron chi connectivity index (χ4n) is 3.65. The van der Waals surface area contributed by atoms with E-state index < -0.39 is 36.5 Å². The zero-order chi connectivity index (χ0) is 26.4. The summed E-state index contributed by atoms with van der Waals surface area (Å²) in [7, 11) is 2.62. The lowest BCUT2D eigenvalue weighted by Gasteiger charge is -2.31. The Kier molecular flexibility index (Phi) is 6.20. The fraction of sp³-hybridized carbons (Fsp3) is 0.227. The second-order valence-corrected chi connectivity index (χ2v) is 7.82. The van der Waals surface area contributed by atoms with Gasteiger partial charge in [0.2, 0.25) is 0 Å². The number of aromatic nitrogens is 4. The number of nitrogens with zero attached hydrogens (tertiary/aromatic N) is 6. The summed E-state index contributed by atoms with van der Waals surface area (Å²) < 4.78 is 66.4. The number of aryl methyl sites for hydroxylation is 1. The zero-order valence-electron chi connectivity index (χ0n) is 18.8. The van der Waals surface area contributed by atoms with Crippen LogP contribution in [0.15, 0.2) is 42.7 Å². The molecule has 3 aromatic heterocycles. The number of hydrogen-bond acceptors (Lipinski definition) is 6. The first-order valence-corrected chi connectivity index (χ1v) is 10.3. The van der Waals surface area contributed by atoms with E-state index >= 15 is 0 Å². The molecular formula is C22H18F5N7O2. The molecule has 0 aliphatic carbocycles. The Labute approximate surface area is 199 Å². The number of rotatable bonds is 4. The molecule has 1 aromatic carbocycles. The Morgan fingerprint density at radius 1 is 1.11 bits per heavy atom. The summed E-state index contributed by atoms with van der Waals surface area (Å²) in [6.07, 6.45) is -6.01. The molecule has 36 heavy (non-hydrogen) atoms. The molecule has 0 saturated heterocycles. The van der Waals surface area contributed by atoms with Crippen molar-refractivity contribution in [1.29, 1.82) is 0 Å². The van der Waals surface area contributed by atoms with Crippen LogP contribution in [0.5, 0.6) is 0 Å². The SMILES string of the molecule is CN(C(=O)C(F)F)N(Cc1ccc(C(F)(F)F)cn1)C(=O)c1ccc2nc(N)c3cnn(C)c3c2c1. The maximum atomic E-state index is 13.4. The van der Waals surface area contributed by atoms with Crippen LogP contribution in [0.25, 0.3) is 21.8 Å². The molecule has 0 aliphatic rings. The van der Waals surface area contributed by atoms with Crippen LogP contribution in [0.3, 0.4) is 0 Å². The van der Waals surface area contributed by atoms with E-state index in [9.17, 15) is 31.5 Å². The number of benzene rings is 1. The largest absolute Gasteiger partial charge is 0.417 e. The van der Waals surface area contributed by atoms with Gasteiger partial charge in [-0.15, -0.1) is 0 Å². The number of nitrogens with two attached hydrogens (primary N) is 1. The number of halogens is 5. The van der Waals surface area contributed by atoms with Gasteiger partial charge in [-0.1, -0.05) is 0 Å². The molecule has 9 nitrogen and oxygen atoms in total. The van der Waals surface area contributed by atoms with Crippen LogP contribution < -0.4 is 5.73 Å². The summed E-state index contributed by atoms with van der Waals surface area (Å²) in [5.74, 6) is -2.33. The van der Waals surface area contributed by atoms with E-state index in [0.29, 0.717) is 38.0 Å². The lowest BCUT2D eigenvalue weighted by atomic mass is 10.1.